The van der Waals surface area contributed by atoms with Crippen LogP contribution in [-0.4, -0.2) is 47.3 Å². The van der Waals surface area contributed by atoms with Crippen LogP contribution in [0.5, 0.6) is 5.75 Å². The summed E-state index contributed by atoms with van der Waals surface area (Å²) in [6, 6.07) is 0.294. The second-order valence-corrected chi connectivity index (χ2v) is 8.88. The molecule has 0 aromatic carbocycles. The van der Waals surface area contributed by atoms with Crippen LogP contribution >= 0.6 is 0 Å². The highest BCUT2D eigenvalue weighted by Crippen LogP contribution is 2.40. The van der Waals surface area contributed by atoms with Crippen LogP contribution in [0.1, 0.15) is 59.4 Å². The van der Waals surface area contributed by atoms with Gasteiger partial charge in [-0.2, -0.15) is 10.1 Å². The van der Waals surface area contributed by atoms with Crippen LogP contribution in [0.2, 0.25) is 0 Å². The first-order valence-corrected chi connectivity index (χ1v) is 10.7. The Bertz CT molecular complexity index is 1150. The minimum absolute atomic E-state index is 0.0707. The van der Waals surface area contributed by atoms with Crippen molar-refractivity contribution in [3.8, 4) is 5.75 Å². The van der Waals surface area contributed by atoms with Gasteiger partial charge in [-0.3, -0.25) is 9.69 Å². The van der Waals surface area contributed by atoms with Crippen molar-refractivity contribution in [2.45, 2.75) is 71.1 Å². The molecular formula is C21H26N8O2. The number of nitrogens with one attached hydrogen (secondary N) is 1. The molecule has 3 aromatic heterocycles. The molecule has 5 rings (SSSR count). The second kappa shape index (κ2) is 7.14. The number of carbonyl (C=O) groups excluding carboxylic acids is 1. The lowest BCUT2D eigenvalue weighted by Gasteiger charge is -2.40. The number of carbonyl (C=O) groups is 1. The maximum Gasteiger partial charge on any atom is 0.272 e. The maximum atomic E-state index is 13.2. The van der Waals surface area contributed by atoms with Gasteiger partial charge in [-0.1, -0.05) is 12.8 Å². The summed E-state index contributed by atoms with van der Waals surface area (Å²) in [5.74, 6) is 1.79. The van der Waals surface area contributed by atoms with Crippen LogP contribution in [0.25, 0.3) is 11.2 Å². The van der Waals surface area contributed by atoms with E-state index in [0.29, 0.717) is 29.0 Å². The van der Waals surface area contributed by atoms with E-state index in [0.717, 1.165) is 31.2 Å². The highest BCUT2D eigenvalue weighted by atomic mass is 16.5. The second-order valence-electron chi connectivity index (χ2n) is 8.88. The molecule has 0 spiro atoms. The molecule has 0 radical (unpaired) electrons. The average Bonchev–Trinajstić information content (AvgIpc) is 3.39. The van der Waals surface area contributed by atoms with E-state index in [2.05, 4.69) is 30.4 Å². The Morgan fingerprint density at radius 1 is 1.13 bits per heavy atom. The van der Waals surface area contributed by atoms with Crippen LogP contribution in [0.4, 0.5) is 17.6 Å². The molecule has 162 valence electrons. The third-order valence-corrected chi connectivity index (χ3v) is 5.79. The fraction of sp³-hybridized carbons (Fsp3) is 0.524. The predicted octanol–water partition coefficient (Wildman–Crippen LogP) is 3.39. The minimum Gasteiger partial charge on any atom is -0.472 e. The van der Waals surface area contributed by atoms with Crippen molar-refractivity contribution in [3.05, 3.63) is 18.6 Å². The third-order valence-electron chi connectivity index (χ3n) is 5.79. The molecule has 10 heteroatoms. The summed E-state index contributed by atoms with van der Waals surface area (Å²) in [5.41, 5.74) is 0.463. The van der Waals surface area contributed by atoms with E-state index in [9.17, 15) is 4.79 Å². The van der Waals surface area contributed by atoms with E-state index in [1.165, 1.54) is 0 Å². The van der Waals surface area contributed by atoms with Gasteiger partial charge in [-0.05, 0) is 40.5 Å². The van der Waals surface area contributed by atoms with Crippen LogP contribution < -0.4 is 15.0 Å². The SMILES string of the molecule is CC(C)n1ncc2ncc(Nc3ncc4c(n3)N(C3CCCC3)C(=O)C(C)(C)O4)nc21. The topological polar surface area (TPSA) is 111 Å². The zero-order chi connectivity index (χ0) is 21.8. The molecule has 2 aliphatic rings. The molecule has 1 amide bonds. The Morgan fingerprint density at radius 3 is 2.65 bits per heavy atom. The summed E-state index contributed by atoms with van der Waals surface area (Å²) < 4.78 is 7.75. The van der Waals surface area contributed by atoms with Crippen LogP contribution in [0.15, 0.2) is 18.6 Å². The van der Waals surface area contributed by atoms with Crippen molar-refractivity contribution in [1.82, 2.24) is 29.7 Å². The molecule has 4 heterocycles. The molecule has 3 aromatic rings. The molecule has 1 aliphatic heterocycles. The van der Waals surface area contributed by atoms with Gasteiger partial charge in [0.05, 0.1) is 18.6 Å². The molecule has 0 saturated heterocycles. The first-order chi connectivity index (χ1) is 14.8. The van der Waals surface area contributed by atoms with E-state index >= 15 is 0 Å². The van der Waals surface area contributed by atoms with Gasteiger partial charge >= 0.3 is 0 Å². The molecule has 1 saturated carbocycles. The highest BCUT2D eigenvalue weighted by Gasteiger charge is 2.45. The summed E-state index contributed by atoms with van der Waals surface area (Å²) in [6.45, 7) is 7.65. The Balaban J connectivity index is 1.50. The lowest BCUT2D eigenvalue weighted by atomic mass is 10.0. The van der Waals surface area contributed by atoms with E-state index in [-0.39, 0.29) is 18.0 Å². The molecule has 1 aliphatic carbocycles. The van der Waals surface area contributed by atoms with Gasteiger partial charge in [-0.15, -0.1) is 0 Å². The van der Waals surface area contributed by atoms with Gasteiger partial charge in [0.2, 0.25) is 5.95 Å². The third kappa shape index (κ3) is 3.35. The Morgan fingerprint density at radius 2 is 1.90 bits per heavy atom. The van der Waals surface area contributed by atoms with Gasteiger partial charge in [0, 0.05) is 12.1 Å². The summed E-state index contributed by atoms with van der Waals surface area (Å²) in [7, 11) is 0. The lowest BCUT2D eigenvalue weighted by Crippen LogP contribution is -2.55. The Labute approximate surface area is 180 Å². The van der Waals surface area contributed by atoms with E-state index in [4.69, 9.17) is 4.74 Å². The van der Waals surface area contributed by atoms with Gasteiger partial charge in [0.25, 0.3) is 5.91 Å². The first kappa shape index (κ1) is 19.7. The number of rotatable bonds is 4. The number of hydrogen-bond acceptors (Lipinski definition) is 8. The first-order valence-electron chi connectivity index (χ1n) is 10.7. The molecule has 0 bridgehead atoms. The Kier molecular flexibility index (Phi) is 4.53. The summed E-state index contributed by atoms with van der Waals surface area (Å²) in [4.78, 5) is 33.1. The molecular weight excluding hydrogens is 396 g/mol. The number of fused-ring (bicyclic) bond motifs is 2. The predicted molar refractivity (Wildman–Crippen MR) is 115 cm³/mol. The minimum atomic E-state index is -0.945. The summed E-state index contributed by atoms with van der Waals surface area (Å²) in [6.07, 6.45) is 9.10. The van der Waals surface area contributed by atoms with Crippen molar-refractivity contribution in [1.29, 1.82) is 0 Å². The highest BCUT2D eigenvalue weighted by molar-refractivity contribution is 6.02. The molecule has 10 nitrogen and oxygen atoms in total. The van der Waals surface area contributed by atoms with Crippen molar-refractivity contribution >= 4 is 34.7 Å². The van der Waals surface area contributed by atoms with Crippen LogP contribution in [0, 0.1) is 0 Å². The number of hydrogen-bond donors (Lipinski definition) is 1. The number of nitrogens with zero attached hydrogens (tertiary/aromatic N) is 7. The zero-order valence-corrected chi connectivity index (χ0v) is 18.2. The number of aromatic nitrogens is 6. The van der Waals surface area contributed by atoms with Crippen LogP contribution in [-0.2, 0) is 4.79 Å². The standard InChI is InChI=1S/C21H26N8O2/c1-12(2)29-17-14(9-24-29)22-11-16(25-17)26-20-23-10-15-18(27-20)28(13-7-5-6-8-13)19(30)21(3,4)31-15/h9-13H,5-8H2,1-4H3,(H,23,25,26,27). The normalized spacial score (nSPS) is 18.5. The van der Waals surface area contributed by atoms with E-state index in [1.807, 2.05) is 18.5 Å². The molecule has 0 atom stereocenters. The average molecular weight is 422 g/mol. The Hall–Kier alpha value is -3.30. The number of anilines is 3. The monoisotopic (exact) mass is 422 g/mol. The largest absolute Gasteiger partial charge is 0.472 e. The lowest BCUT2D eigenvalue weighted by molar-refractivity contribution is -0.133. The zero-order valence-electron chi connectivity index (χ0n) is 18.2. The van der Waals surface area contributed by atoms with Gasteiger partial charge in [-0.25, -0.2) is 19.6 Å². The molecule has 0 unspecified atom stereocenters. The smallest absolute Gasteiger partial charge is 0.272 e. The van der Waals surface area contributed by atoms with Gasteiger partial charge in [0.1, 0.15) is 5.52 Å². The van der Waals surface area contributed by atoms with E-state index < -0.39 is 5.60 Å². The van der Waals surface area contributed by atoms with Crippen molar-refractivity contribution in [3.63, 3.8) is 0 Å². The quantitative estimate of drug-likeness (QED) is 0.681. The number of amides is 1. The summed E-state index contributed by atoms with van der Waals surface area (Å²) >= 11 is 0. The van der Waals surface area contributed by atoms with Crippen LogP contribution in [0.3, 0.4) is 0 Å². The molecule has 31 heavy (non-hydrogen) atoms. The maximum absolute atomic E-state index is 13.2. The van der Waals surface area contributed by atoms with Crippen molar-refractivity contribution in [2.75, 3.05) is 10.2 Å². The summed E-state index contributed by atoms with van der Waals surface area (Å²) in [5, 5.41) is 7.47. The molecule has 1 N–H and O–H groups in total. The van der Waals surface area contributed by atoms with Gasteiger partial charge in [0.15, 0.2) is 28.6 Å². The van der Waals surface area contributed by atoms with Crippen molar-refractivity contribution in [2.24, 2.45) is 0 Å². The van der Waals surface area contributed by atoms with E-state index in [1.54, 1.807) is 37.3 Å². The fourth-order valence-corrected chi connectivity index (χ4v) is 4.25. The van der Waals surface area contributed by atoms with Gasteiger partial charge < -0.3 is 10.1 Å². The molecule has 1 fully saturated rings. The fourth-order valence-electron chi connectivity index (χ4n) is 4.25. The number of ether oxygens (including phenoxy) is 1. The van der Waals surface area contributed by atoms with Crippen molar-refractivity contribution < 1.29 is 9.53 Å².